The average Bonchev–Trinajstić information content (AvgIpc) is 3.22. The molecular formula is C31H23N3. The molecule has 0 bridgehead atoms. The van der Waals surface area contributed by atoms with Gasteiger partial charge in [0.2, 0.25) is 0 Å². The summed E-state index contributed by atoms with van der Waals surface area (Å²) in [5.41, 5.74) is 6.36. The maximum Gasteiger partial charge on any atom is 0.0991 e. The van der Waals surface area contributed by atoms with Crippen LogP contribution in [-0.2, 0) is 6.54 Å². The fraction of sp³-hybridized carbons (Fsp3) is 0.0645. The molecule has 5 aromatic carbocycles. The fourth-order valence-corrected chi connectivity index (χ4v) is 5.05. The van der Waals surface area contributed by atoms with Crippen molar-refractivity contribution in [3.05, 3.63) is 115 Å². The third-order valence-electron chi connectivity index (χ3n) is 6.57. The Bertz CT molecular complexity index is 1700. The maximum absolute atomic E-state index is 9.51. The van der Waals surface area contributed by atoms with E-state index in [1.165, 1.54) is 16.3 Å². The number of nitriles is 1. The molecule has 34 heavy (non-hydrogen) atoms. The van der Waals surface area contributed by atoms with E-state index in [2.05, 4.69) is 113 Å². The summed E-state index contributed by atoms with van der Waals surface area (Å²) in [4.78, 5) is 2.32. The van der Waals surface area contributed by atoms with Crippen LogP contribution in [0.25, 0.3) is 32.6 Å². The number of hydrogen-bond acceptors (Lipinski definition) is 2. The van der Waals surface area contributed by atoms with Gasteiger partial charge in [-0.1, -0.05) is 54.6 Å². The lowest BCUT2D eigenvalue weighted by molar-refractivity contribution is 0.827. The van der Waals surface area contributed by atoms with Crippen LogP contribution in [0.2, 0.25) is 0 Å². The monoisotopic (exact) mass is 437 g/mol. The van der Waals surface area contributed by atoms with E-state index in [1.54, 1.807) is 0 Å². The molecule has 1 heterocycles. The summed E-state index contributed by atoms with van der Waals surface area (Å²) in [6.07, 6.45) is 0. The van der Waals surface area contributed by atoms with Crippen LogP contribution in [0.3, 0.4) is 0 Å². The lowest BCUT2D eigenvalue weighted by Crippen LogP contribution is -2.10. The predicted octanol–water partition coefficient (Wildman–Crippen LogP) is 8.31. The molecule has 0 aliphatic heterocycles. The standard InChI is InChI=1S/C31H23N3/c1-2-33-29-17-15-22(21-32)19-27(29)28-20-25(16-18-30(28)33)34(24-11-4-3-5-12-24)31-14-8-10-23-9-6-7-13-26(23)31/h3-20H,2H2,1H3. The molecule has 0 spiro atoms. The van der Waals surface area contributed by atoms with Crippen molar-refractivity contribution >= 4 is 49.6 Å². The Labute approximate surface area is 198 Å². The highest BCUT2D eigenvalue weighted by molar-refractivity contribution is 6.10. The molecule has 0 fully saturated rings. The zero-order valence-corrected chi connectivity index (χ0v) is 18.9. The molecule has 6 aromatic rings. The van der Waals surface area contributed by atoms with E-state index in [0.29, 0.717) is 5.56 Å². The highest BCUT2D eigenvalue weighted by atomic mass is 15.1. The normalized spacial score (nSPS) is 11.2. The molecule has 0 unspecified atom stereocenters. The van der Waals surface area contributed by atoms with Gasteiger partial charge in [-0.15, -0.1) is 0 Å². The first-order valence-electron chi connectivity index (χ1n) is 11.6. The molecule has 3 nitrogen and oxygen atoms in total. The average molecular weight is 438 g/mol. The van der Waals surface area contributed by atoms with Gasteiger partial charge in [0, 0.05) is 45.1 Å². The number of rotatable bonds is 4. The van der Waals surface area contributed by atoms with Gasteiger partial charge in [-0.05, 0) is 66.9 Å². The molecular weight excluding hydrogens is 414 g/mol. The molecule has 0 aliphatic carbocycles. The van der Waals surface area contributed by atoms with Crippen LogP contribution in [0, 0.1) is 11.3 Å². The van der Waals surface area contributed by atoms with Crippen molar-refractivity contribution in [2.45, 2.75) is 13.5 Å². The lowest BCUT2D eigenvalue weighted by atomic mass is 10.1. The second-order valence-corrected chi connectivity index (χ2v) is 8.46. The van der Waals surface area contributed by atoms with E-state index in [-0.39, 0.29) is 0 Å². The largest absolute Gasteiger partial charge is 0.341 e. The third kappa shape index (κ3) is 3.12. The van der Waals surface area contributed by atoms with Gasteiger partial charge in [0.05, 0.1) is 17.3 Å². The summed E-state index contributed by atoms with van der Waals surface area (Å²) in [6.45, 7) is 3.04. The number of anilines is 3. The topological polar surface area (TPSA) is 32.0 Å². The summed E-state index contributed by atoms with van der Waals surface area (Å²) in [5, 5.41) is 14.2. The van der Waals surface area contributed by atoms with Crippen LogP contribution in [0.15, 0.2) is 109 Å². The van der Waals surface area contributed by atoms with Gasteiger partial charge >= 0.3 is 0 Å². The van der Waals surface area contributed by atoms with Crippen molar-refractivity contribution in [2.75, 3.05) is 4.90 Å². The molecule has 3 heteroatoms. The van der Waals surface area contributed by atoms with E-state index in [4.69, 9.17) is 0 Å². The minimum Gasteiger partial charge on any atom is -0.341 e. The summed E-state index contributed by atoms with van der Waals surface area (Å²) < 4.78 is 2.32. The minimum absolute atomic E-state index is 0.682. The minimum atomic E-state index is 0.682. The summed E-state index contributed by atoms with van der Waals surface area (Å²) >= 11 is 0. The highest BCUT2D eigenvalue weighted by Gasteiger charge is 2.17. The van der Waals surface area contributed by atoms with Crippen molar-refractivity contribution in [3.8, 4) is 6.07 Å². The van der Waals surface area contributed by atoms with Crippen LogP contribution in [0.1, 0.15) is 12.5 Å². The Hall–Kier alpha value is -4.55. The van der Waals surface area contributed by atoms with Gasteiger partial charge < -0.3 is 9.47 Å². The summed E-state index contributed by atoms with van der Waals surface area (Å²) in [6, 6.07) is 40.4. The zero-order valence-electron chi connectivity index (χ0n) is 18.9. The molecule has 0 amide bonds. The van der Waals surface area contributed by atoms with E-state index in [0.717, 1.165) is 39.9 Å². The summed E-state index contributed by atoms with van der Waals surface area (Å²) in [5.74, 6) is 0. The smallest absolute Gasteiger partial charge is 0.0991 e. The molecule has 162 valence electrons. The molecule has 1 aromatic heterocycles. The SMILES string of the molecule is CCn1c2ccc(C#N)cc2c2cc(N(c3ccccc3)c3cccc4ccccc34)ccc21. The molecule has 0 radical (unpaired) electrons. The predicted molar refractivity (Wildman–Crippen MR) is 142 cm³/mol. The molecule has 0 saturated carbocycles. The van der Waals surface area contributed by atoms with E-state index >= 15 is 0 Å². The maximum atomic E-state index is 9.51. The lowest BCUT2D eigenvalue weighted by Gasteiger charge is -2.27. The zero-order chi connectivity index (χ0) is 23.1. The van der Waals surface area contributed by atoms with E-state index in [1.807, 2.05) is 18.2 Å². The van der Waals surface area contributed by atoms with Crippen LogP contribution < -0.4 is 4.90 Å². The Kier molecular flexibility index (Phi) is 4.78. The quantitative estimate of drug-likeness (QED) is 0.278. The molecule has 6 rings (SSSR count). The Morgan fingerprint density at radius 2 is 1.38 bits per heavy atom. The number of aromatic nitrogens is 1. The van der Waals surface area contributed by atoms with E-state index in [9.17, 15) is 5.26 Å². The Morgan fingerprint density at radius 1 is 0.676 bits per heavy atom. The molecule has 0 saturated heterocycles. The van der Waals surface area contributed by atoms with Crippen molar-refractivity contribution in [3.63, 3.8) is 0 Å². The number of para-hydroxylation sites is 1. The van der Waals surface area contributed by atoms with Crippen LogP contribution in [-0.4, -0.2) is 4.57 Å². The number of benzene rings is 5. The Morgan fingerprint density at radius 3 is 2.18 bits per heavy atom. The summed E-state index contributed by atoms with van der Waals surface area (Å²) in [7, 11) is 0. The van der Waals surface area contributed by atoms with Gasteiger partial charge in [0.1, 0.15) is 0 Å². The van der Waals surface area contributed by atoms with Crippen LogP contribution in [0.4, 0.5) is 17.1 Å². The first kappa shape index (κ1) is 20.1. The van der Waals surface area contributed by atoms with Gasteiger partial charge in [0.15, 0.2) is 0 Å². The second-order valence-electron chi connectivity index (χ2n) is 8.46. The number of aryl methyl sites for hydroxylation is 1. The first-order chi connectivity index (χ1) is 16.8. The molecule has 0 atom stereocenters. The van der Waals surface area contributed by atoms with Crippen molar-refractivity contribution in [2.24, 2.45) is 0 Å². The van der Waals surface area contributed by atoms with Gasteiger partial charge in [0.25, 0.3) is 0 Å². The molecule has 0 aliphatic rings. The van der Waals surface area contributed by atoms with Gasteiger partial charge in [-0.3, -0.25) is 0 Å². The van der Waals surface area contributed by atoms with Gasteiger partial charge in [-0.2, -0.15) is 5.26 Å². The van der Waals surface area contributed by atoms with Gasteiger partial charge in [-0.25, -0.2) is 0 Å². The Balaban J connectivity index is 1.66. The van der Waals surface area contributed by atoms with Crippen molar-refractivity contribution in [1.29, 1.82) is 5.26 Å². The second kappa shape index (κ2) is 8.10. The van der Waals surface area contributed by atoms with E-state index < -0.39 is 0 Å². The first-order valence-corrected chi connectivity index (χ1v) is 11.6. The van der Waals surface area contributed by atoms with Crippen molar-refractivity contribution < 1.29 is 0 Å². The highest BCUT2D eigenvalue weighted by Crippen LogP contribution is 2.41. The van der Waals surface area contributed by atoms with Crippen molar-refractivity contribution in [1.82, 2.24) is 4.57 Å². The number of hydrogen-bond donors (Lipinski definition) is 0. The number of nitrogens with zero attached hydrogens (tertiary/aromatic N) is 3. The van der Waals surface area contributed by atoms with Crippen LogP contribution in [0.5, 0.6) is 0 Å². The number of fused-ring (bicyclic) bond motifs is 4. The fourth-order valence-electron chi connectivity index (χ4n) is 5.05. The third-order valence-corrected chi connectivity index (χ3v) is 6.57. The van der Waals surface area contributed by atoms with Crippen LogP contribution >= 0.6 is 0 Å². The molecule has 0 N–H and O–H groups in total.